The monoisotopic (exact) mass is 532 g/mol. The molecule has 4 aromatic rings. The molecule has 2 heterocycles. The van der Waals surface area contributed by atoms with Crippen molar-refractivity contribution in [3.8, 4) is 17.2 Å². The maximum absolute atomic E-state index is 13.6. The second-order valence-electron chi connectivity index (χ2n) is 9.27. The average Bonchev–Trinajstić information content (AvgIpc) is 3.23. The van der Waals surface area contributed by atoms with E-state index in [0.717, 1.165) is 23.4 Å². The van der Waals surface area contributed by atoms with Gasteiger partial charge in [-0.3, -0.25) is 0 Å². The Morgan fingerprint density at radius 2 is 1.58 bits per heavy atom. The summed E-state index contributed by atoms with van der Waals surface area (Å²) in [7, 11) is 0.888. The van der Waals surface area contributed by atoms with E-state index in [1.807, 2.05) is 18.2 Å². The Balaban J connectivity index is 1.47. The minimum absolute atomic E-state index is 0.114. The van der Waals surface area contributed by atoms with Crippen LogP contribution in [0.25, 0.3) is 16.5 Å². The van der Waals surface area contributed by atoms with Crippen molar-refractivity contribution >= 4 is 26.5 Å². The first kappa shape index (κ1) is 25.9. The van der Waals surface area contributed by atoms with E-state index in [4.69, 9.17) is 14.2 Å². The molecule has 1 aliphatic rings. The fraction of sp³-hybridized carbons (Fsp3) is 0.267. The van der Waals surface area contributed by atoms with E-state index in [2.05, 4.69) is 47.9 Å². The highest BCUT2D eigenvalue weighted by Crippen LogP contribution is 2.37. The summed E-state index contributed by atoms with van der Waals surface area (Å²) < 4.78 is 46.9. The first-order valence-electron chi connectivity index (χ1n) is 12.5. The van der Waals surface area contributed by atoms with Crippen molar-refractivity contribution in [1.82, 2.24) is 8.87 Å². The Bertz CT molecular complexity index is 1600. The second kappa shape index (κ2) is 10.6. The summed E-state index contributed by atoms with van der Waals surface area (Å²) in [6.07, 6.45) is 2.66. The standard InChI is InChI=1S/C30H32N2O5S/c1-21-30(26-7-5-6-8-27(26)32(21)20-22-9-11-24(35-2)12-10-22)23-15-17-31(18-16-23)38(33,34)29-19-25(36-3)13-14-28(29)37-4/h5-15,19H,16-18,20H2,1-4H3. The Morgan fingerprint density at radius 1 is 0.868 bits per heavy atom. The third kappa shape index (κ3) is 4.66. The maximum atomic E-state index is 13.6. The van der Waals surface area contributed by atoms with E-state index in [9.17, 15) is 8.42 Å². The molecule has 0 saturated carbocycles. The summed E-state index contributed by atoms with van der Waals surface area (Å²) in [6.45, 7) is 3.55. The van der Waals surface area contributed by atoms with Crippen molar-refractivity contribution in [3.05, 3.63) is 89.6 Å². The summed E-state index contributed by atoms with van der Waals surface area (Å²) in [4.78, 5) is 0.114. The zero-order chi connectivity index (χ0) is 26.9. The van der Waals surface area contributed by atoms with Gasteiger partial charge in [-0.1, -0.05) is 36.4 Å². The minimum Gasteiger partial charge on any atom is -0.497 e. The molecule has 0 saturated heterocycles. The van der Waals surface area contributed by atoms with Gasteiger partial charge in [-0.2, -0.15) is 4.31 Å². The number of nitrogens with zero attached hydrogens (tertiary/aromatic N) is 2. The highest BCUT2D eigenvalue weighted by Gasteiger charge is 2.30. The van der Waals surface area contributed by atoms with Crippen LogP contribution < -0.4 is 14.2 Å². The number of hydrogen-bond donors (Lipinski definition) is 0. The van der Waals surface area contributed by atoms with Gasteiger partial charge in [0.15, 0.2) is 0 Å². The van der Waals surface area contributed by atoms with Crippen LogP contribution in [-0.2, 0) is 16.6 Å². The Labute approximate surface area is 223 Å². The van der Waals surface area contributed by atoms with Crippen molar-refractivity contribution in [3.63, 3.8) is 0 Å². The summed E-state index contributed by atoms with van der Waals surface area (Å²) in [5, 5.41) is 1.18. The van der Waals surface area contributed by atoms with Gasteiger partial charge in [0.05, 0.1) is 21.3 Å². The summed E-state index contributed by atoms with van der Waals surface area (Å²) in [5.74, 6) is 1.61. The van der Waals surface area contributed by atoms with E-state index in [1.165, 1.54) is 46.8 Å². The number of ether oxygens (including phenoxy) is 3. The van der Waals surface area contributed by atoms with E-state index in [-0.39, 0.29) is 11.4 Å². The quantitative estimate of drug-likeness (QED) is 0.300. The van der Waals surface area contributed by atoms with Gasteiger partial charge in [-0.25, -0.2) is 8.42 Å². The summed E-state index contributed by atoms with van der Waals surface area (Å²) >= 11 is 0. The van der Waals surface area contributed by atoms with E-state index < -0.39 is 10.0 Å². The number of rotatable bonds is 8. The lowest BCUT2D eigenvalue weighted by Gasteiger charge is -2.27. The molecule has 0 fully saturated rings. The van der Waals surface area contributed by atoms with E-state index in [0.29, 0.717) is 24.5 Å². The van der Waals surface area contributed by atoms with Gasteiger partial charge < -0.3 is 18.8 Å². The molecular weight excluding hydrogens is 500 g/mol. The van der Waals surface area contributed by atoms with Crippen LogP contribution in [0.3, 0.4) is 0 Å². The molecule has 3 aromatic carbocycles. The number of methoxy groups -OCH3 is 3. The van der Waals surface area contributed by atoms with Gasteiger partial charge in [0, 0.05) is 47.9 Å². The first-order valence-corrected chi connectivity index (χ1v) is 13.9. The molecule has 0 N–H and O–H groups in total. The second-order valence-corrected chi connectivity index (χ2v) is 11.2. The lowest BCUT2D eigenvalue weighted by Crippen LogP contribution is -2.35. The smallest absolute Gasteiger partial charge is 0.247 e. The fourth-order valence-corrected chi connectivity index (χ4v) is 6.73. The number of aromatic nitrogens is 1. The number of benzene rings is 3. The van der Waals surface area contributed by atoms with Crippen molar-refractivity contribution < 1.29 is 22.6 Å². The van der Waals surface area contributed by atoms with E-state index in [1.54, 1.807) is 19.2 Å². The van der Waals surface area contributed by atoms with Gasteiger partial charge in [-0.05, 0) is 54.8 Å². The average molecular weight is 533 g/mol. The molecule has 5 rings (SSSR count). The lowest BCUT2D eigenvalue weighted by molar-refractivity contribution is 0.386. The predicted octanol–water partition coefficient (Wildman–Crippen LogP) is 5.50. The Kier molecular flexibility index (Phi) is 7.19. The van der Waals surface area contributed by atoms with Crippen LogP contribution in [0, 0.1) is 6.92 Å². The molecule has 0 radical (unpaired) electrons. The first-order chi connectivity index (χ1) is 18.4. The molecule has 8 heteroatoms. The molecule has 0 spiro atoms. The molecule has 1 aromatic heterocycles. The lowest BCUT2D eigenvalue weighted by atomic mass is 9.97. The zero-order valence-electron chi connectivity index (χ0n) is 22.1. The van der Waals surface area contributed by atoms with Crippen molar-refractivity contribution in [2.75, 3.05) is 34.4 Å². The van der Waals surface area contributed by atoms with Gasteiger partial charge >= 0.3 is 0 Å². The summed E-state index contributed by atoms with van der Waals surface area (Å²) in [6, 6.07) is 21.4. The maximum Gasteiger partial charge on any atom is 0.247 e. The van der Waals surface area contributed by atoms with Crippen molar-refractivity contribution in [2.24, 2.45) is 0 Å². The molecule has 0 bridgehead atoms. The normalized spacial score (nSPS) is 14.4. The van der Waals surface area contributed by atoms with Crippen molar-refractivity contribution in [2.45, 2.75) is 24.8 Å². The Hall–Kier alpha value is -3.75. The summed E-state index contributed by atoms with van der Waals surface area (Å²) in [5.41, 5.74) is 5.86. The minimum atomic E-state index is -3.77. The number of hydrogen-bond acceptors (Lipinski definition) is 5. The molecular formula is C30H32N2O5S. The van der Waals surface area contributed by atoms with Gasteiger partial charge in [0.1, 0.15) is 22.1 Å². The van der Waals surface area contributed by atoms with Crippen LogP contribution >= 0.6 is 0 Å². The molecule has 0 amide bonds. The highest BCUT2D eigenvalue weighted by atomic mass is 32.2. The van der Waals surface area contributed by atoms with Gasteiger partial charge in [0.25, 0.3) is 0 Å². The van der Waals surface area contributed by atoms with Crippen LogP contribution in [0.15, 0.2) is 77.7 Å². The van der Waals surface area contributed by atoms with Crippen LogP contribution in [0.4, 0.5) is 0 Å². The topological polar surface area (TPSA) is 70.0 Å². The van der Waals surface area contributed by atoms with E-state index >= 15 is 0 Å². The SMILES string of the molecule is COc1ccc(Cn2c(C)c(C3=CCN(S(=O)(=O)c4cc(OC)ccc4OC)CC3)c3ccccc32)cc1. The van der Waals surface area contributed by atoms with Crippen molar-refractivity contribution in [1.29, 1.82) is 0 Å². The molecule has 7 nitrogen and oxygen atoms in total. The van der Waals surface area contributed by atoms with Crippen LogP contribution in [0.5, 0.6) is 17.2 Å². The third-order valence-electron chi connectivity index (χ3n) is 7.21. The number of sulfonamides is 1. The number of para-hydroxylation sites is 1. The fourth-order valence-electron chi connectivity index (χ4n) is 5.17. The van der Waals surface area contributed by atoms with Gasteiger partial charge in [0.2, 0.25) is 10.0 Å². The highest BCUT2D eigenvalue weighted by molar-refractivity contribution is 7.89. The third-order valence-corrected chi connectivity index (χ3v) is 9.10. The molecule has 38 heavy (non-hydrogen) atoms. The predicted molar refractivity (Wildman–Crippen MR) is 150 cm³/mol. The largest absolute Gasteiger partial charge is 0.497 e. The molecule has 0 unspecified atom stereocenters. The zero-order valence-corrected chi connectivity index (χ0v) is 22.9. The Morgan fingerprint density at radius 3 is 2.24 bits per heavy atom. The van der Waals surface area contributed by atoms with Crippen LogP contribution in [-0.4, -0.2) is 51.7 Å². The molecule has 1 aliphatic heterocycles. The molecule has 0 aliphatic carbocycles. The molecule has 198 valence electrons. The van der Waals surface area contributed by atoms with Crippen LogP contribution in [0.2, 0.25) is 0 Å². The molecule has 0 atom stereocenters. The van der Waals surface area contributed by atoms with Gasteiger partial charge in [-0.15, -0.1) is 0 Å². The number of fused-ring (bicyclic) bond motifs is 1. The van der Waals surface area contributed by atoms with Crippen LogP contribution in [0.1, 0.15) is 23.2 Å².